The van der Waals surface area contributed by atoms with Crippen molar-refractivity contribution in [2.75, 3.05) is 0 Å². The summed E-state index contributed by atoms with van der Waals surface area (Å²) in [6.45, 7) is 4.15. The van der Waals surface area contributed by atoms with Crippen LogP contribution in [-0.4, -0.2) is 9.38 Å². The molecule has 0 spiro atoms. The highest BCUT2D eigenvalue weighted by atomic mass is 15.0. The molecule has 2 aromatic heterocycles. The zero-order valence-electron chi connectivity index (χ0n) is 11.2. The fourth-order valence-electron chi connectivity index (χ4n) is 2.20. The Bertz CT molecular complexity index is 737. The second-order valence-corrected chi connectivity index (χ2v) is 4.68. The molecular formula is C17H16N2. The standard InChI is InChI=1S/C17H16N2/c1-13-14(2)19-12-6-9-16(17(19)18-13)11-10-15-7-4-3-5-8-15/h3-12H,1-2H3. The van der Waals surface area contributed by atoms with E-state index in [9.17, 15) is 0 Å². The monoisotopic (exact) mass is 248 g/mol. The van der Waals surface area contributed by atoms with Gasteiger partial charge in [0.25, 0.3) is 0 Å². The van der Waals surface area contributed by atoms with Crippen LogP contribution >= 0.6 is 0 Å². The zero-order valence-corrected chi connectivity index (χ0v) is 11.2. The summed E-state index contributed by atoms with van der Waals surface area (Å²) in [7, 11) is 0. The summed E-state index contributed by atoms with van der Waals surface area (Å²) in [5, 5.41) is 0. The van der Waals surface area contributed by atoms with E-state index in [1.54, 1.807) is 0 Å². The molecule has 2 heterocycles. The SMILES string of the molecule is Cc1nc2c(C=Cc3ccccc3)cccn2c1C. The van der Waals surface area contributed by atoms with Crippen molar-refractivity contribution in [3.63, 3.8) is 0 Å². The molecule has 0 atom stereocenters. The van der Waals surface area contributed by atoms with Gasteiger partial charge in [-0.15, -0.1) is 0 Å². The molecular weight excluding hydrogens is 232 g/mol. The lowest BCUT2D eigenvalue weighted by Gasteiger charge is -1.99. The van der Waals surface area contributed by atoms with E-state index in [2.05, 4.69) is 58.9 Å². The molecule has 1 aromatic carbocycles. The third-order valence-electron chi connectivity index (χ3n) is 3.41. The van der Waals surface area contributed by atoms with Gasteiger partial charge in [-0.3, -0.25) is 0 Å². The first-order chi connectivity index (χ1) is 9.25. The summed E-state index contributed by atoms with van der Waals surface area (Å²) in [5.41, 5.74) is 5.64. The first-order valence-electron chi connectivity index (χ1n) is 6.43. The number of fused-ring (bicyclic) bond motifs is 1. The maximum atomic E-state index is 4.64. The maximum absolute atomic E-state index is 4.64. The predicted molar refractivity (Wildman–Crippen MR) is 80.0 cm³/mol. The van der Waals surface area contributed by atoms with Crippen LogP contribution in [0.2, 0.25) is 0 Å². The first kappa shape index (κ1) is 11.7. The molecule has 0 aliphatic rings. The summed E-state index contributed by atoms with van der Waals surface area (Å²) >= 11 is 0. The molecule has 19 heavy (non-hydrogen) atoms. The average Bonchev–Trinajstić information content (AvgIpc) is 2.74. The van der Waals surface area contributed by atoms with Gasteiger partial charge in [0, 0.05) is 17.5 Å². The molecule has 0 bridgehead atoms. The molecule has 0 unspecified atom stereocenters. The lowest BCUT2D eigenvalue weighted by atomic mass is 10.1. The van der Waals surface area contributed by atoms with Crippen molar-refractivity contribution in [1.82, 2.24) is 9.38 Å². The molecule has 0 aliphatic carbocycles. The fraction of sp³-hybridized carbons (Fsp3) is 0.118. The molecule has 0 N–H and O–H groups in total. The Morgan fingerprint density at radius 2 is 1.74 bits per heavy atom. The Hall–Kier alpha value is -2.35. The van der Waals surface area contributed by atoms with Gasteiger partial charge in [0.15, 0.2) is 0 Å². The first-order valence-corrected chi connectivity index (χ1v) is 6.43. The Labute approximate surface area is 113 Å². The number of hydrogen-bond acceptors (Lipinski definition) is 1. The summed E-state index contributed by atoms with van der Waals surface area (Å²) in [6.07, 6.45) is 6.30. The van der Waals surface area contributed by atoms with Gasteiger partial charge in [-0.05, 0) is 31.5 Å². The normalized spacial score (nSPS) is 11.5. The number of nitrogens with zero attached hydrogens (tertiary/aromatic N) is 2. The number of benzene rings is 1. The minimum absolute atomic E-state index is 1.02. The smallest absolute Gasteiger partial charge is 0.144 e. The van der Waals surface area contributed by atoms with Gasteiger partial charge in [0.05, 0.1) is 5.69 Å². The Kier molecular flexibility index (Phi) is 2.92. The van der Waals surface area contributed by atoms with Gasteiger partial charge in [-0.2, -0.15) is 0 Å². The minimum atomic E-state index is 1.02. The van der Waals surface area contributed by atoms with Crippen LogP contribution in [0.5, 0.6) is 0 Å². The molecule has 0 saturated carbocycles. The van der Waals surface area contributed by atoms with E-state index in [1.807, 2.05) is 25.1 Å². The van der Waals surface area contributed by atoms with Gasteiger partial charge in [0.1, 0.15) is 5.65 Å². The summed E-state index contributed by atoms with van der Waals surface area (Å²) < 4.78 is 2.14. The van der Waals surface area contributed by atoms with Gasteiger partial charge < -0.3 is 4.40 Å². The fourth-order valence-corrected chi connectivity index (χ4v) is 2.20. The van der Waals surface area contributed by atoms with Crippen molar-refractivity contribution in [2.24, 2.45) is 0 Å². The molecule has 94 valence electrons. The quantitative estimate of drug-likeness (QED) is 0.666. The number of aromatic nitrogens is 2. The van der Waals surface area contributed by atoms with Crippen molar-refractivity contribution in [2.45, 2.75) is 13.8 Å². The van der Waals surface area contributed by atoms with E-state index in [0.29, 0.717) is 0 Å². The highest BCUT2D eigenvalue weighted by Crippen LogP contribution is 2.17. The van der Waals surface area contributed by atoms with Crippen molar-refractivity contribution in [3.8, 4) is 0 Å². The highest BCUT2D eigenvalue weighted by Gasteiger charge is 2.05. The van der Waals surface area contributed by atoms with Crippen molar-refractivity contribution < 1.29 is 0 Å². The van der Waals surface area contributed by atoms with Crippen LogP contribution in [0, 0.1) is 13.8 Å². The average molecular weight is 248 g/mol. The molecule has 0 aliphatic heterocycles. The maximum Gasteiger partial charge on any atom is 0.144 e. The predicted octanol–water partition coefficient (Wildman–Crippen LogP) is 4.12. The number of pyridine rings is 1. The Morgan fingerprint density at radius 1 is 0.947 bits per heavy atom. The Morgan fingerprint density at radius 3 is 2.53 bits per heavy atom. The van der Waals surface area contributed by atoms with Crippen LogP contribution in [0.4, 0.5) is 0 Å². The summed E-state index contributed by atoms with van der Waals surface area (Å²) in [6, 6.07) is 14.5. The van der Waals surface area contributed by atoms with Gasteiger partial charge in [-0.1, -0.05) is 42.5 Å². The lowest BCUT2D eigenvalue weighted by molar-refractivity contribution is 1.09. The molecule has 0 saturated heterocycles. The largest absolute Gasteiger partial charge is 0.304 e. The van der Waals surface area contributed by atoms with E-state index in [1.165, 1.54) is 11.3 Å². The van der Waals surface area contributed by atoms with Crippen LogP contribution in [-0.2, 0) is 0 Å². The molecule has 0 fully saturated rings. The molecule has 0 radical (unpaired) electrons. The second-order valence-electron chi connectivity index (χ2n) is 4.68. The topological polar surface area (TPSA) is 17.3 Å². The van der Waals surface area contributed by atoms with E-state index < -0.39 is 0 Å². The number of hydrogen-bond donors (Lipinski definition) is 0. The van der Waals surface area contributed by atoms with E-state index >= 15 is 0 Å². The minimum Gasteiger partial charge on any atom is -0.304 e. The van der Waals surface area contributed by atoms with Crippen LogP contribution in [0.25, 0.3) is 17.8 Å². The number of rotatable bonds is 2. The number of aryl methyl sites for hydroxylation is 2. The number of imidazole rings is 1. The van der Waals surface area contributed by atoms with Crippen LogP contribution in [0.3, 0.4) is 0 Å². The van der Waals surface area contributed by atoms with E-state index in [0.717, 1.165) is 16.9 Å². The molecule has 3 rings (SSSR count). The highest BCUT2D eigenvalue weighted by molar-refractivity contribution is 5.76. The third kappa shape index (κ3) is 2.17. The zero-order chi connectivity index (χ0) is 13.2. The summed E-state index contributed by atoms with van der Waals surface area (Å²) in [4.78, 5) is 4.64. The van der Waals surface area contributed by atoms with E-state index in [4.69, 9.17) is 0 Å². The second kappa shape index (κ2) is 4.73. The van der Waals surface area contributed by atoms with Crippen molar-refractivity contribution in [1.29, 1.82) is 0 Å². The van der Waals surface area contributed by atoms with Crippen molar-refractivity contribution >= 4 is 17.8 Å². The van der Waals surface area contributed by atoms with E-state index in [-0.39, 0.29) is 0 Å². The van der Waals surface area contributed by atoms with Crippen LogP contribution in [0.15, 0.2) is 48.7 Å². The molecule has 0 amide bonds. The van der Waals surface area contributed by atoms with Gasteiger partial charge in [0.2, 0.25) is 0 Å². The lowest BCUT2D eigenvalue weighted by Crippen LogP contribution is -1.88. The molecule has 3 aromatic rings. The van der Waals surface area contributed by atoms with Gasteiger partial charge in [-0.25, -0.2) is 4.98 Å². The van der Waals surface area contributed by atoms with Crippen LogP contribution in [0.1, 0.15) is 22.5 Å². The molecule has 2 nitrogen and oxygen atoms in total. The van der Waals surface area contributed by atoms with Crippen LogP contribution < -0.4 is 0 Å². The third-order valence-corrected chi connectivity index (χ3v) is 3.41. The van der Waals surface area contributed by atoms with Gasteiger partial charge >= 0.3 is 0 Å². The summed E-state index contributed by atoms with van der Waals surface area (Å²) in [5.74, 6) is 0. The Balaban J connectivity index is 2.06. The van der Waals surface area contributed by atoms with Crippen molar-refractivity contribution in [3.05, 3.63) is 71.2 Å². The molecule has 2 heteroatoms.